The van der Waals surface area contributed by atoms with Gasteiger partial charge in [0.25, 0.3) is 0 Å². The zero-order valence-corrected chi connectivity index (χ0v) is 17.3. The van der Waals surface area contributed by atoms with E-state index in [9.17, 15) is 9.90 Å². The smallest absolute Gasteiger partial charge is 0.305 e. The Hall–Kier alpha value is -1.38. The number of carbonyl (C=O) groups excluding carboxylic acids is 1. The third-order valence-corrected chi connectivity index (χ3v) is 4.42. The van der Waals surface area contributed by atoms with Gasteiger partial charge in [-0.1, -0.05) is 12.8 Å². The average Bonchev–Trinajstić information content (AvgIpc) is 2.65. The van der Waals surface area contributed by atoms with E-state index in [4.69, 9.17) is 4.74 Å². The number of hydrogen-bond acceptors (Lipinski definition) is 6. The molecule has 8 heteroatoms. The van der Waals surface area contributed by atoms with Gasteiger partial charge < -0.3 is 25.2 Å². The van der Waals surface area contributed by atoms with Gasteiger partial charge >= 0.3 is 5.97 Å². The summed E-state index contributed by atoms with van der Waals surface area (Å²) in [5.74, 6) is 0.591. The lowest BCUT2D eigenvalue weighted by molar-refractivity contribution is -0.140. The summed E-state index contributed by atoms with van der Waals surface area (Å²) in [5, 5.41) is 17.2. The minimum Gasteiger partial charge on any atom is -0.469 e. The number of aliphatic imine (C=N–C) groups is 1. The number of esters is 1. The van der Waals surface area contributed by atoms with E-state index in [-0.39, 0.29) is 5.97 Å². The summed E-state index contributed by atoms with van der Waals surface area (Å²) in [4.78, 5) is 17.8. The van der Waals surface area contributed by atoms with Crippen molar-refractivity contribution < 1.29 is 19.4 Å². The largest absolute Gasteiger partial charge is 0.469 e. The molecule has 0 bridgehead atoms. The molecule has 0 radical (unpaired) electrons. The van der Waals surface area contributed by atoms with Gasteiger partial charge in [-0.3, -0.25) is 14.7 Å². The number of rotatable bonds is 12. The minimum absolute atomic E-state index is 0.140. The summed E-state index contributed by atoms with van der Waals surface area (Å²) in [6.45, 7) is 9.55. The van der Waals surface area contributed by atoms with Crippen LogP contribution < -0.4 is 10.6 Å². The highest BCUT2D eigenvalue weighted by Crippen LogP contribution is 2.09. The number of carbonyl (C=O) groups is 1. The Bertz CT molecular complexity index is 437. The topological polar surface area (TPSA) is 95.4 Å². The molecule has 0 spiro atoms. The Kier molecular flexibility index (Phi) is 12.0. The predicted octanol–water partition coefficient (Wildman–Crippen LogP) is 0.748. The van der Waals surface area contributed by atoms with Crippen molar-refractivity contribution in [1.29, 1.82) is 0 Å². The molecule has 1 fully saturated rings. The lowest BCUT2D eigenvalue weighted by Crippen LogP contribution is -2.48. The van der Waals surface area contributed by atoms with Crippen molar-refractivity contribution in [3.05, 3.63) is 0 Å². The number of guanidine groups is 1. The molecule has 1 aliphatic rings. The summed E-state index contributed by atoms with van der Waals surface area (Å²) in [7, 11) is 1.42. The van der Waals surface area contributed by atoms with Crippen LogP contribution in [0.25, 0.3) is 0 Å². The summed E-state index contributed by atoms with van der Waals surface area (Å²) in [6, 6.07) is 0. The molecule has 0 aromatic heterocycles. The van der Waals surface area contributed by atoms with Crippen LogP contribution in [0.1, 0.15) is 46.0 Å². The normalized spacial score (nSPS) is 18.0. The Balaban J connectivity index is 2.26. The molecule has 1 heterocycles. The van der Waals surface area contributed by atoms with E-state index in [1.807, 2.05) is 13.8 Å². The van der Waals surface area contributed by atoms with Gasteiger partial charge in [0.1, 0.15) is 0 Å². The van der Waals surface area contributed by atoms with Gasteiger partial charge in [-0.25, -0.2) is 0 Å². The van der Waals surface area contributed by atoms with Gasteiger partial charge in [-0.15, -0.1) is 0 Å². The summed E-state index contributed by atoms with van der Waals surface area (Å²) in [5.41, 5.74) is -0.867. The van der Waals surface area contributed by atoms with E-state index >= 15 is 0 Å². The highest BCUT2D eigenvalue weighted by molar-refractivity contribution is 5.79. The van der Waals surface area contributed by atoms with Crippen molar-refractivity contribution in [2.24, 2.45) is 4.99 Å². The SMILES string of the molecule is CCNC(=NCC(C)(O)CN1CCOCC1)NCCCCCCC(=O)OC. The summed E-state index contributed by atoms with van der Waals surface area (Å²) in [6.07, 6.45) is 4.43. The molecule has 1 saturated heterocycles. The average molecular weight is 387 g/mol. The number of aliphatic hydroxyl groups is 1. The Labute approximate surface area is 163 Å². The van der Waals surface area contributed by atoms with Crippen LogP contribution >= 0.6 is 0 Å². The van der Waals surface area contributed by atoms with Gasteiger partial charge in [0.2, 0.25) is 0 Å². The molecular weight excluding hydrogens is 348 g/mol. The van der Waals surface area contributed by atoms with Crippen LogP contribution in [0.4, 0.5) is 0 Å². The van der Waals surface area contributed by atoms with Crippen LogP contribution in [0.3, 0.4) is 0 Å². The maximum absolute atomic E-state index is 11.1. The van der Waals surface area contributed by atoms with Crippen molar-refractivity contribution in [3.63, 3.8) is 0 Å². The maximum atomic E-state index is 11.1. The quantitative estimate of drug-likeness (QED) is 0.197. The molecule has 158 valence electrons. The van der Waals surface area contributed by atoms with Crippen molar-refractivity contribution in [3.8, 4) is 0 Å². The molecule has 1 unspecified atom stereocenters. The third-order valence-electron chi connectivity index (χ3n) is 4.42. The number of nitrogens with zero attached hydrogens (tertiary/aromatic N) is 2. The molecule has 0 saturated carbocycles. The van der Waals surface area contributed by atoms with Crippen LogP contribution in [0.2, 0.25) is 0 Å². The summed E-state index contributed by atoms with van der Waals surface area (Å²) < 4.78 is 9.98. The van der Waals surface area contributed by atoms with Gasteiger partial charge in [0, 0.05) is 39.1 Å². The van der Waals surface area contributed by atoms with Crippen molar-refractivity contribution in [1.82, 2.24) is 15.5 Å². The van der Waals surface area contributed by atoms with E-state index in [0.717, 1.165) is 71.0 Å². The zero-order valence-electron chi connectivity index (χ0n) is 17.3. The number of β-amino-alcohol motifs (C(OH)–C–C–N with tert-alkyl or cyclic N) is 1. The molecular formula is C19H38N4O4. The first-order chi connectivity index (χ1) is 13.0. The fraction of sp³-hybridized carbons (Fsp3) is 0.895. The second-order valence-corrected chi connectivity index (χ2v) is 7.25. The molecule has 0 amide bonds. The molecule has 8 nitrogen and oxygen atoms in total. The number of hydrogen-bond donors (Lipinski definition) is 3. The molecule has 0 aromatic rings. The highest BCUT2D eigenvalue weighted by atomic mass is 16.5. The molecule has 1 rings (SSSR count). The van der Waals surface area contributed by atoms with Crippen LogP contribution in [0, 0.1) is 0 Å². The van der Waals surface area contributed by atoms with Crippen LogP contribution in [0.15, 0.2) is 4.99 Å². The fourth-order valence-corrected chi connectivity index (χ4v) is 2.94. The lowest BCUT2D eigenvalue weighted by Gasteiger charge is -2.33. The van der Waals surface area contributed by atoms with Crippen LogP contribution in [0.5, 0.6) is 0 Å². The molecule has 27 heavy (non-hydrogen) atoms. The van der Waals surface area contributed by atoms with E-state index in [2.05, 4.69) is 25.3 Å². The second-order valence-electron chi connectivity index (χ2n) is 7.25. The first kappa shape index (κ1) is 23.7. The number of ether oxygens (including phenoxy) is 2. The number of nitrogens with one attached hydrogen (secondary N) is 2. The lowest BCUT2D eigenvalue weighted by atomic mass is 10.1. The number of methoxy groups -OCH3 is 1. The number of unbranched alkanes of at least 4 members (excludes halogenated alkanes) is 3. The van der Waals surface area contributed by atoms with E-state index < -0.39 is 5.60 Å². The van der Waals surface area contributed by atoms with Crippen molar-refractivity contribution in [2.45, 2.75) is 51.6 Å². The van der Waals surface area contributed by atoms with Gasteiger partial charge in [-0.05, 0) is 26.7 Å². The monoisotopic (exact) mass is 386 g/mol. The van der Waals surface area contributed by atoms with Gasteiger partial charge in [-0.2, -0.15) is 0 Å². The van der Waals surface area contributed by atoms with Gasteiger partial charge in [0.15, 0.2) is 5.96 Å². The standard InChI is InChI=1S/C19H38N4O4/c1-4-20-18(21-10-8-6-5-7-9-17(24)26-3)22-15-19(2,25)16-23-11-13-27-14-12-23/h25H,4-16H2,1-3H3,(H2,20,21,22). The molecule has 3 N–H and O–H groups in total. The fourth-order valence-electron chi connectivity index (χ4n) is 2.94. The van der Waals surface area contributed by atoms with E-state index in [0.29, 0.717) is 19.5 Å². The maximum Gasteiger partial charge on any atom is 0.305 e. The van der Waals surface area contributed by atoms with Crippen molar-refractivity contribution in [2.75, 3.05) is 59.6 Å². The van der Waals surface area contributed by atoms with E-state index in [1.165, 1.54) is 7.11 Å². The van der Waals surface area contributed by atoms with Crippen LogP contribution in [-0.4, -0.2) is 87.1 Å². The second kappa shape index (κ2) is 13.7. The summed E-state index contributed by atoms with van der Waals surface area (Å²) >= 11 is 0. The Morgan fingerprint density at radius 3 is 2.59 bits per heavy atom. The predicted molar refractivity (Wildman–Crippen MR) is 107 cm³/mol. The molecule has 0 aliphatic carbocycles. The molecule has 1 atom stereocenters. The van der Waals surface area contributed by atoms with Gasteiger partial charge in [0.05, 0.1) is 32.5 Å². The first-order valence-corrected chi connectivity index (χ1v) is 10.1. The number of morpholine rings is 1. The third kappa shape index (κ3) is 11.8. The molecule has 1 aliphatic heterocycles. The van der Waals surface area contributed by atoms with E-state index in [1.54, 1.807) is 0 Å². The van der Waals surface area contributed by atoms with Crippen LogP contribution in [-0.2, 0) is 14.3 Å². The first-order valence-electron chi connectivity index (χ1n) is 10.1. The minimum atomic E-state index is -0.867. The highest BCUT2D eigenvalue weighted by Gasteiger charge is 2.25. The van der Waals surface area contributed by atoms with Crippen molar-refractivity contribution >= 4 is 11.9 Å². The Morgan fingerprint density at radius 1 is 1.22 bits per heavy atom. The molecule has 0 aromatic carbocycles. The zero-order chi connectivity index (χ0) is 20.0. The Morgan fingerprint density at radius 2 is 1.93 bits per heavy atom.